The summed E-state index contributed by atoms with van der Waals surface area (Å²) < 4.78 is 1.05. The van der Waals surface area contributed by atoms with Crippen molar-refractivity contribution in [1.82, 2.24) is 0 Å². The van der Waals surface area contributed by atoms with Gasteiger partial charge in [0.1, 0.15) is 0 Å². The van der Waals surface area contributed by atoms with Gasteiger partial charge >= 0.3 is 0 Å². The number of hydrogen-bond donors (Lipinski definition) is 1. The largest absolute Gasteiger partial charge is 0.380 e. The third-order valence-corrected chi connectivity index (χ3v) is 3.00. The summed E-state index contributed by atoms with van der Waals surface area (Å²) in [7, 11) is 0. The van der Waals surface area contributed by atoms with Gasteiger partial charge in [0.25, 0.3) is 0 Å². The lowest BCUT2D eigenvalue weighted by Crippen LogP contribution is -2.17. The number of nitriles is 1. The summed E-state index contributed by atoms with van der Waals surface area (Å²) in [6.07, 6.45) is 1.49. The van der Waals surface area contributed by atoms with Crippen LogP contribution in [-0.2, 0) is 0 Å². The van der Waals surface area contributed by atoms with Gasteiger partial charge in [-0.3, -0.25) is 0 Å². The van der Waals surface area contributed by atoms with E-state index in [-0.39, 0.29) is 6.04 Å². The maximum Gasteiger partial charge on any atom is 0.0643 e. The van der Waals surface area contributed by atoms with Crippen LogP contribution in [0.15, 0.2) is 22.7 Å². The van der Waals surface area contributed by atoms with Crippen molar-refractivity contribution < 1.29 is 0 Å². The van der Waals surface area contributed by atoms with E-state index in [9.17, 15) is 0 Å². The molecule has 1 aromatic carbocycles. The minimum absolute atomic E-state index is 0.230. The van der Waals surface area contributed by atoms with E-state index in [2.05, 4.69) is 53.3 Å². The Morgan fingerprint density at radius 2 is 2.27 bits per heavy atom. The Morgan fingerprint density at radius 3 is 2.87 bits per heavy atom. The molecule has 0 bridgehead atoms. The number of nitrogens with one attached hydrogen (secondary N) is 1. The van der Waals surface area contributed by atoms with Crippen molar-refractivity contribution >= 4 is 21.6 Å². The average molecular weight is 267 g/mol. The monoisotopic (exact) mass is 266 g/mol. The molecule has 0 fully saturated rings. The summed E-state index contributed by atoms with van der Waals surface area (Å²) in [6.45, 7) is 4.14. The van der Waals surface area contributed by atoms with Crippen LogP contribution < -0.4 is 5.32 Å². The number of rotatable bonds is 4. The van der Waals surface area contributed by atoms with Gasteiger partial charge in [-0.2, -0.15) is 5.26 Å². The number of aryl methyl sites for hydroxylation is 1. The number of nitrogens with zero attached hydrogens (tertiary/aromatic N) is 1. The standard InChI is InChI=1S/C12H15BrN2/c1-3-10(6-7-14)15-12-8-9(2)4-5-11(12)13/h4-5,8,10,15H,3,6H2,1-2H3. The molecule has 0 aliphatic heterocycles. The maximum absolute atomic E-state index is 8.67. The van der Waals surface area contributed by atoms with Crippen molar-refractivity contribution in [3.8, 4) is 6.07 Å². The Bertz CT molecular complexity index is 368. The van der Waals surface area contributed by atoms with E-state index in [1.165, 1.54) is 5.56 Å². The number of anilines is 1. The zero-order chi connectivity index (χ0) is 11.3. The second-order valence-electron chi connectivity index (χ2n) is 3.60. The molecule has 0 aromatic heterocycles. The number of hydrogen-bond acceptors (Lipinski definition) is 2. The van der Waals surface area contributed by atoms with Gasteiger partial charge in [0.15, 0.2) is 0 Å². The van der Waals surface area contributed by atoms with E-state index < -0.39 is 0 Å². The lowest BCUT2D eigenvalue weighted by Gasteiger charge is -2.16. The zero-order valence-corrected chi connectivity index (χ0v) is 10.6. The normalized spacial score (nSPS) is 11.9. The molecule has 1 unspecified atom stereocenters. The first-order valence-electron chi connectivity index (χ1n) is 5.07. The molecule has 3 heteroatoms. The molecule has 2 nitrogen and oxygen atoms in total. The van der Waals surface area contributed by atoms with Crippen LogP contribution in [0.2, 0.25) is 0 Å². The van der Waals surface area contributed by atoms with E-state index in [0.29, 0.717) is 6.42 Å². The van der Waals surface area contributed by atoms with E-state index in [0.717, 1.165) is 16.6 Å². The van der Waals surface area contributed by atoms with E-state index in [1.54, 1.807) is 0 Å². The van der Waals surface area contributed by atoms with Crippen molar-refractivity contribution in [2.24, 2.45) is 0 Å². The average Bonchev–Trinajstić information content (AvgIpc) is 2.22. The molecule has 1 N–H and O–H groups in total. The van der Waals surface area contributed by atoms with E-state index >= 15 is 0 Å². The van der Waals surface area contributed by atoms with Gasteiger partial charge in [0, 0.05) is 16.2 Å². The fraction of sp³-hybridized carbons (Fsp3) is 0.417. The highest BCUT2D eigenvalue weighted by molar-refractivity contribution is 9.10. The first kappa shape index (κ1) is 12.1. The molecule has 15 heavy (non-hydrogen) atoms. The smallest absolute Gasteiger partial charge is 0.0643 e. The van der Waals surface area contributed by atoms with Gasteiger partial charge < -0.3 is 5.32 Å². The molecule has 1 rings (SSSR count). The van der Waals surface area contributed by atoms with Crippen molar-refractivity contribution in [1.29, 1.82) is 5.26 Å². The molecule has 0 amide bonds. The van der Waals surface area contributed by atoms with Crippen molar-refractivity contribution in [2.75, 3.05) is 5.32 Å². The minimum atomic E-state index is 0.230. The quantitative estimate of drug-likeness (QED) is 0.899. The van der Waals surface area contributed by atoms with Crippen LogP contribution in [0.3, 0.4) is 0 Å². The molecule has 0 aliphatic rings. The number of benzene rings is 1. The Labute approximate surface area is 99.4 Å². The molecule has 1 aromatic rings. The van der Waals surface area contributed by atoms with Crippen LogP contribution in [0.1, 0.15) is 25.3 Å². The summed E-state index contributed by atoms with van der Waals surface area (Å²) in [6, 6.07) is 8.59. The lowest BCUT2D eigenvalue weighted by atomic mass is 10.1. The topological polar surface area (TPSA) is 35.8 Å². The molecule has 0 heterocycles. The molecule has 0 radical (unpaired) electrons. The van der Waals surface area contributed by atoms with Gasteiger partial charge in [0.05, 0.1) is 12.5 Å². The second-order valence-corrected chi connectivity index (χ2v) is 4.45. The minimum Gasteiger partial charge on any atom is -0.380 e. The summed E-state index contributed by atoms with van der Waals surface area (Å²) in [4.78, 5) is 0. The highest BCUT2D eigenvalue weighted by atomic mass is 79.9. The molecule has 0 saturated heterocycles. The molecular weight excluding hydrogens is 252 g/mol. The second kappa shape index (κ2) is 5.77. The predicted molar refractivity (Wildman–Crippen MR) is 66.8 cm³/mol. The predicted octanol–water partition coefficient (Wildman–Crippen LogP) is 3.86. The van der Waals surface area contributed by atoms with Crippen molar-refractivity contribution in [3.05, 3.63) is 28.2 Å². The Kier molecular flexibility index (Phi) is 4.64. The maximum atomic E-state index is 8.67. The van der Waals surface area contributed by atoms with Gasteiger partial charge in [-0.25, -0.2) is 0 Å². The summed E-state index contributed by atoms with van der Waals surface area (Å²) >= 11 is 3.49. The van der Waals surface area contributed by atoms with Gasteiger partial charge in [-0.05, 0) is 47.0 Å². The van der Waals surface area contributed by atoms with Crippen LogP contribution >= 0.6 is 15.9 Å². The van der Waals surface area contributed by atoms with Crippen LogP contribution in [0.25, 0.3) is 0 Å². The summed E-state index contributed by atoms with van der Waals surface area (Å²) in [5.74, 6) is 0. The van der Waals surface area contributed by atoms with E-state index in [4.69, 9.17) is 5.26 Å². The molecule has 0 aliphatic carbocycles. The van der Waals surface area contributed by atoms with Gasteiger partial charge in [-0.1, -0.05) is 13.0 Å². The van der Waals surface area contributed by atoms with E-state index in [1.807, 2.05) is 6.07 Å². The summed E-state index contributed by atoms with van der Waals surface area (Å²) in [5.41, 5.74) is 2.28. The van der Waals surface area contributed by atoms with Crippen LogP contribution in [0.4, 0.5) is 5.69 Å². The summed E-state index contributed by atoms with van der Waals surface area (Å²) in [5, 5.41) is 12.0. The van der Waals surface area contributed by atoms with Crippen molar-refractivity contribution in [3.63, 3.8) is 0 Å². The van der Waals surface area contributed by atoms with Crippen LogP contribution in [0, 0.1) is 18.3 Å². The molecular formula is C12H15BrN2. The highest BCUT2D eigenvalue weighted by Crippen LogP contribution is 2.24. The molecule has 80 valence electrons. The van der Waals surface area contributed by atoms with Crippen LogP contribution in [0.5, 0.6) is 0 Å². The Balaban J connectivity index is 2.78. The Hall–Kier alpha value is -1.01. The first-order valence-corrected chi connectivity index (χ1v) is 5.86. The molecule has 0 spiro atoms. The number of halogens is 1. The van der Waals surface area contributed by atoms with Crippen LogP contribution in [-0.4, -0.2) is 6.04 Å². The molecule has 0 saturated carbocycles. The lowest BCUT2D eigenvalue weighted by molar-refractivity contribution is 0.710. The highest BCUT2D eigenvalue weighted by Gasteiger charge is 2.07. The first-order chi connectivity index (χ1) is 7.17. The fourth-order valence-corrected chi connectivity index (χ4v) is 1.74. The Morgan fingerprint density at radius 1 is 1.53 bits per heavy atom. The SMILES string of the molecule is CCC(CC#N)Nc1cc(C)ccc1Br. The molecule has 1 atom stereocenters. The van der Waals surface area contributed by atoms with Crippen molar-refractivity contribution in [2.45, 2.75) is 32.7 Å². The fourth-order valence-electron chi connectivity index (χ4n) is 1.38. The third kappa shape index (κ3) is 3.56. The third-order valence-electron chi connectivity index (χ3n) is 2.31. The zero-order valence-electron chi connectivity index (χ0n) is 9.05. The van der Waals surface area contributed by atoms with Gasteiger partial charge in [0.2, 0.25) is 0 Å². The van der Waals surface area contributed by atoms with Gasteiger partial charge in [-0.15, -0.1) is 0 Å².